The molecule has 0 aliphatic heterocycles. The van der Waals surface area contributed by atoms with Crippen molar-refractivity contribution in [3.8, 4) is 0 Å². The summed E-state index contributed by atoms with van der Waals surface area (Å²) < 4.78 is 6.07. The monoisotopic (exact) mass is 822 g/mol. The second kappa shape index (κ2) is 41.6. The molecule has 0 spiro atoms. The molecule has 1 rings (SSSR count). The van der Waals surface area contributed by atoms with E-state index in [4.69, 9.17) is 4.74 Å². The highest BCUT2D eigenvalue weighted by Crippen LogP contribution is 2.26. The van der Waals surface area contributed by atoms with E-state index < -0.39 is 6.29 Å². The predicted molar refractivity (Wildman–Crippen MR) is 251 cm³/mol. The normalized spacial score (nSPS) is 14.8. The Kier molecular flexibility index (Phi) is 39.7. The largest absolute Gasteiger partial charge is 0.395 e. The van der Waals surface area contributed by atoms with Crippen LogP contribution in [0.5, 0.6) is 0 Å². The number of hydrogen-bond donors (Lipinski definition) is 3. The van der Waals surface area contributed by atoms with Crippen LogP contribution >= 0.6 is 0 Å². The van der Waals surface area contributed by atoms with Gasteiger partial charge in [-0.15, -0.1) is 0 Å². The van der Waals surface area contributed by atoms with Gasteiger partial charge in [0.05, 0.1) is 13.2 Å². The molecule has 1 aliphatic rings. The fraction of sp³-hybridized carbons (Fsp3) is 0.980. The van der Waals surface area contributed by atoms with Crippen molar-refractivity contribution in [1.29, 1.82) is 0 Å². The van der Waals surface area contributed by atoms with E-state index in [9.17, 15) is 15.0 Å². The Labute approximate surface area is 362 Å². The molecule has 3 unspecified atom stereocenters. The van der Waals surface area contributed by atoms with Crippen LogP contribution in [0.2, 0.25) is 0 Å². The number of carbonyl (C=O) groups excluding carboxylic acids is 1. The average Bonchev–Trinajstić information content (AvgIpc) is 4.08. The highest BCUT2D eigenvalue weighted by molar-refractivity contribution is 5.75. The SMILES string of the molecule is CCCCCCCCC(CCCCCC)CNC(=O)CCCCCN(CCCCCC(O)OCC(CCCCCC)CCCCCCCC)CCN(CCO)C1CC1. The highest BCUT2D eigenvalue weighted by Gasteiger charge is 2.28. The zero-order valence-corrected chi connectivity index (χ0v) is 39.6. The smallest absolute Gasteiger partial charge is 0.220 e. The van der Waals surface area contributed by atoms with Gasteiger partial charge in [0.1, 0.15) is 0 Å². The number of rotatable bonds is 47. The van der Waals surface area contributed by atoms with Crippen LogP contribution in [0.15, 0.2) is 0 Å². The van der Waals surface area contributed by atoms with Crippen molar-refractivity contribution in [3.63, 3.8) is 0 Å². The zero-order valence-electron chi connectivity index (χ0n) is 39.6. The van der Waals surface area contributed by atoms with Crippen LogP contribution in [0.3, 0.4) is 0 Å². The minimum Gasteiger partial charge on any atom is -0.395 e. The molecule has 0 aromatic rings. The summed E-state index contributed by atoms with van der Waals surface area (Å²) in [7, 11) is 0. The molecule has 3 N–H and O–H groups in total. The molecular formula is C51H103N3O4. The Balaban J connectivity index is 2.43. The van der Waals surface area contributed by atoms with Gasteiger partial charge in [-0.05, 0) is 95.6 Å². The topological polar surface area (TPSA) is 85.3 Å². The highest BCUT2D eigenvalue weighted by atomic mass is 16.6. The Morgan fingerprint density at radius 2 is 1.00 bits per heavy atom. The maximum atomic E-state index is 12.9. The molecule has 1 amide bonds. The number of nitrogens with one attached hydrogen (secondary N) is 1. The van der Waals surface area contributed by atoms with Crippen molar-refractivity contribution in [2.24, 2.45) is 11.8 Å². The van der Waals surface area contributed by atoms with Gasteiger partial charge < -0.3 is 25.2 Å². The average molecular weight is 822 g/mol. The second-order valence-corrected chi connectivity index (χ2v) is 18.6. The molecule has 0 aromatic heterocycles. The first-order valence-corrected chi connectivity index (χ1v) is 26.1. The first-order chi connectivity index (χ1) is 28.5. The molecule has 0 aromatic carbocycles. The summed E-state index contributed by atoms with van der Waals surface area (Å²) in [5.41, 5.74) is 0. The van der Waals surface area contributed by atoms with Gasteiger partial charge >= 0.3 is 0 Å². The maximum absolute atomic E-state index is 12.9. The summed E-state index contributed by atoms with van der Waals surface area (Å²) in [6.45, 7) is 15.9. The van der Waals surface area contributed by atoms with Gasteiger partial charge in [-0.2, -0.15) is 0 Å². The summed E-state index contributed by atoms with van der Waals surface area (Å²) in [5, 5.41) is 23.7. The van der Waals surface area contributed by atoms with E-state index >= 15 is 0 Å². The number of aliphatic hydroxyl groups excluding tert-OH is 2. The first-order valence-electron chi connectivity index (χ1n) is 26.1. The van der Waals surface area contributed by atoms with Crippen molar-refractivity contribution in [2.75, 3.05) is 52.5 Å². The summed E-state index contributed by atoms with van der Waals surface area (Å²) >= 11 is 0. The first kappa shape index (κ1) is 55.3. The van der Waals surface area contributed by atoms with Gasteiger partial charge in [0.25, 0.3) is 0 Å². The summed E-state index contributed by atoms with van der Waals surface area (Å²) in [6, 6.07) is 0.664. The van der Waals surface area contributed by atoms with E-state index in [1.54, 1.807) is 0 Å². The van der Waals surface area contributed by atoms with Crippen molar-refractivity contribution >= 4 is 5.91 Å². The lowest BCUT2D eigenvalue weighted by Crippen LogP contribution is -2.38. The van der Waals surface area contributed by atoms with Crippen molar-refractivity contribution in [1.82, 2.24) is 15.1 Å². The van der Waals surface area contributed by atoms with Gasteiger partial charge in [0.2, 0.25) is 5.91 Å². The van der Waals surface area contributed by atoms with Crippen LogP contribution < -0.4 is 5.32 Å². The molecule has 0 radical (unpaired) electrons. The lowest BCUT2D eigenvalue weighted by atomic mass is 9.94. The van der Waals surface area contributed by atoms with Gasteiger partial charge in [0.15, 0.2) is 6.29 Å². The number of carbonyl (C=O) groups is 1. The van der Waals surface area contributed by atoms with Crippen LogP contribution in [0.25, 0.3) is 0 Å². The molecule has 0 saturated heterocycles. The van der Waals surface area contributed by atoms with Crippen molar-refractivity contribution < 1.29 is 19.7 Å². The third-order valence-electron chi connectivity index (χ3n) is 12.9. The minimum atomic E-state index is -0.640. The van der Waals surface area contributed by atoms with Crippen LogP contribution in [0, 0.1) is 11.8 Å². The number of unbranched alkanes of at least 4 members (excludes halogenated alkanes) is 20. The minimum absolute atomic E-state index is 0.236. The van der Waals surface area contributed by atoms with E-state index in [1.807, 2.05) is 0 Å². The number of amides is 1. The van der Waals surface area contributed by atoms with E-state index in [0.717, 1.165) is 84.2 Å². The van der Waals surface area contributed by atoms with Gasteiger partial charge in [-0.1, -0.05) is 169 Å². The predicted octanol–water partition coefficient (Wildman–Crippen LogP) is 13.0. The zero-order chi connectivity index (χ0) is 42.2. The fourth-order valence-corrected chi connectivity index (χ4v) is 8.76. The van der Waals surface area contributed by atoms with Crippen LogP contribution in [-0.2, 0) is 9.53 Å². The van der Waals surface area contributed by atoms with Gasteiger partial charge in [-0.25, -0.2) is 0 Å². The lowest BCUT2D eigenvalue weighted by Gasteiger charge is -2.27. The second-order valence-electron chi connectivity index (χ2n) is 18.6. The van der Waals surface area contributed by atoms with E-state index in [1.165, 1.54) is 167 Å². The van der Waals surface area contributed by atoms with Gasteiger partial charge in [-0.3, -0.25) is 9.69 Å². The molecule has 7 heteroatoms. The molecule has 1 aliphatic carbocycles. The van der Waals surface area contributed by atoms with Gasteiger partial charge in [0, 0.05) is 38.6 Å². The molecule has 1 saturated carbocycles. The van der Waals surface area contributed by atoms with E-state index in [2.05, 4.69) is 42.8 Å². The third kappa shape index (κ3) is 34.9. The van der Waals surface area contributed by atoms with Crippen molar-refractivity contribution in [3.05, 3.63) is 0 Å². The molecule has 346 valence electrons. The Bertz CT molecular complexity index is 858. The molecule has 3 atom stereocenters. The quantitative estimate of drug-likeness (QED) is 0.0419. The molecule has 0 bridgehead atoms. The van der Waals surface area contributed by atoms with E-state index in [-0.39, 0.29) is 12.5 Å². The Morgan fingerprint density at radius 1 is 0.552 bits per heavy atom. The molecule has 1 fully saturated rings. The van der Waals surface area contributed by atoms with E-state index in [0.29, 0.717) is 30.9 Å². The number of nitrogens with zero attached hydrogens (tertiary/aromatic N) is 2. The number of hydrogen-bond acceptors (Lipinski definition) is 6. The molecule has 7 nitrogen and oxygen atoms in total. The Hall–Kier alpha value is -0.730. The van der Waals surface area contributed by atoms with Crippen molar-refractivity contribution in [2.45, 2.75) is 258 Å². The molecule has 0 heterocycles. The summed E-state index contributed by atoms with van der Waals surface area (Å²) in [5.74, 6) is 1.46. The third-order valence-corrected chi connectivity index (χ3v) is 12.9. The van der Waals surface area contributed by atoms with Crippen LogP contribution in [0.1, 0.15) is 246 Å². The standard InChI is InChI=1S/C51H103N3O4/c1-5-9-13-17-19-25-32-47(31-23-15-11-7-3)45-52-50(56)35-27-21-29-39-53(41-42-54(43-44-55)49-37-38-49)40-30-22-28-36-51(57)58-46-48(33-24-16-12-8-4)34-26-20-18-14-10-6-2/h47-49,51,55,57H,5-46H2,1-4H3,(H,52,56). The summed E-state index contributed by atoms with van der Waals surface area (Å²) in [6.07, 6.45) is 41.2. The lowest BCUT2D eigenvalue weighted by molar-refractivity contribution is -0.121. The number of aliphatic hydroxyl groups is 2. The maximum Gasteiger partial charge on any atom is 0.220 e. The molecule has 58 heavy (non-hydrogen) atoms. The summed E-state index contributed by atoms with van der Waals surface area (Å²) in [4.78, 5) is 18.0. The Morgan fingerprint density at radius 3 is 1.52 bits per heavy atom. The fourth-order valence-electron chi connectivity index (χ4n) is 8.76. The number of ether oxygens (including phenoxy) is 1. The van der Waals surface area contributed by atoms with Crippen LogP contribution in [0.4, 0.5) is 0 Å². The van der Waals surface area contributed by atoms with Crippen LogP contribution in [-0.4, -0.2) is 90.7 Å². The molecular weight excluding hydrogens is 719 g/mol.